The molecule has 2 aromatic rings. The molecule has 0 spiro atoms. The van der Waals surface area contributed by atoms with Crippen LogP contribution in [0.3, 0.4) is 0 Å². The van der Waals surface area contributed by atoms with Gasteiger partial charge in [-0.3, -0.25) is 4.68 Å². The number of nitrogens with zero attached hydrogens (tertiary/aromatic N) is 2. The van der Waals surface area contributed by atoms with Crippen LogP contribution in [0.1, 0.15) is 21.6 Å². The third kappa shape index (κ3) is 3.15. The van der Waals surface area contributed by atoms with Crippen molar-refractivity contribution < 1.29 is 36.2 Å². The number of hydrogen-bond acceptors (Lipinski definition) is 2. The van der Waals surface area contributed by atoms with Gasteiger partial charge in [-0.25, -0.2) is 4.79 Å². The number of halogens is 6. The standard InChI is InChI=1S/C13H8F6N2O2/c1-21-10(11(22)23)8(13(17,18)19)9(20-21)6-2-4-7(5-3-6)12(14,15)16/h2-5H,1H3,(H,22,23). The van der Waals surface area contributed by atoms with Gasteiger partial charge in [-0.2, -0.15) is 31.4 Å². The first-order chi connectivity index (χ1) is 10.4. The van der Waals surface area contributed by atoms with Crippen LogP contribution >= 0.6 is 0 Å². The lowest BCUT2D eigenvalue weighted by molar-refractivity contribution is -0.138. The van der Waals surface area contributed by atoms with Gasteiger partial charge in [0.1, 0.15) is 11.3 Å². The Morgan fingerprint density at radius 1 is 1.04 bits per heavy atom. The van der Waals surface area contributed by atoms with Crippen LogP contribution in [0.5, 0.6) is 0 Å². The zero-order chi connectivity index (χ0) is 17.6. The second kappa shape index (κ2) is 5.28. The summed E-state index contributed by atoms with van der Waals surface area (Å²) in [5, 5.41) is 12.4. The molecule has 1 aromatic carbocycles. The highest BCUT2D eigenvalue weighted by molar-refractivity contribution is 5.90. The quantitative estimate of drug-likeness (QED) is 0.847. The van der Waals surface area contributed by atoms with Crippen LogP contribution in [0.15, 0.2) is 24.3 Å². The molecule has 0 aliphatic rings. The molecular formula is C13H8F6N2O2. The van der Waals surface area contributed by atoms with Crippen LogP contribution < -0.4 is 0 Å². The molecule has 0 aliphatic carbocycles. The minimum Gasteiger partial charge on any atom is -0.477 e. The van der Waals surface area contributed by atoms with Gasteiger partial charge in [0.2, 0.25) is 0 Å². The second-order valence-electron chi connectivity index (χ2n) is 4.57. The molecule has 4 nitrogen and oxygen atoms in total. The van der Waals surface area contributed by atoms with E-state index in [1.54, 1.807) is 0 Å². The molecule has 0 aliphatic heterocycles. The summed E-state index contributed by atoms with van der Waals surface area (Å²) in [6, 6.07) is 2.83. The smallest absolute Gasteiger partial charge is 0.420 e. The summed E-state index contributed by atoms with van der Waals surface area (Å²) in [4.78, 5) is 11.0. The molecule has 0 atom stereocenters. The molecule has 1 aromatic heterocycles. The van der Waals surface area contributed by atoms with Gasteiger partial charge >= 0.3 is 18.3 Å². The van der Waals surface area contributed by atoms with Gasteiger partial charge in [0, 0.05) is 12.6 Å². The third-order valence-electron chi connectivity index (χ3n) is 3.02. The minimum atomic E-state index is -5.03. The molecule has 0 saturated carbocycles. The summed E-state index contributed by atoms with van der Waals surface area (Å²) in [5.41, 5.74) is -4.65. The van der Waals surface area contributed by atoms with E-state index in [0.29, 0.717) is 16.8 Å². The van der Waals surface area contributed by atoms with Crippen molar-refractivity contribution in [2.24, 2.45) is 7.05 Å². The fourth-order valence-corrected chi connectivity index (χ4v) is 2.06. The lowest BCUT2D eigenvalue weighted by atomic mass is 10.0. The maximum atomic E-state index is 13.1. The molecule has 0 saturated heterocycles. The number of carboxylic acids is 1. The Kier molecular flexibility index (Phi) is 3.87. The summed E-state index contributed by atoms with van der Waals surface area (Å²) in [5.74, 6) is -1.84. The highest BCUT2D eigenvalue weighted by Crippen LogP contribution is 2.39. The minimum absolute atomic E-state index is 0.270. The molecule has 1 heterocycles. The summed E-state index contributed by atoms with van der Waals surface area (Å²) in [7, 11) is 1.01. The van der Waals surface area contributed by atoms with Crippen molar-refractivity contribution in [2.75, 3.05) is 0 Å². The Morgan fingerprint density at radius 2 is 1.57 bits per heavy atom. The Bertz CT molecular complexity index is 744. The molecule has 0 amide bonds. The summed E-state index contributed by atoms with van der Waals surface area (Å²) in [6.45, 7) is 0. The van der Waals surface area contributed by atoms with E-state index in [2.05, 4.69) is 5.10 Å². The maximum absolute atomic E-state index is 13.1. The Hall–Kier alpha value is -2.52. The molecule has 124 valence electrons. The van der Waals surface area contributed by atoms with Gasteiger partial charge in [0.05, 0.1) is 5.56 Å². The van der Waals surface area contributed by atoms with Crippen molar-refractivity contribution in [3.8, 4) is 11.3 Å². The zero-order valence-corrected chi connectivity index (χ0v) is 11.3. The number of carboxylic acid groups (broad SMARTS) is 1. The lowest BCUT2D eigenvalue weighted by Crippen LogP contribution is -2.14. The van der Waals surface area contributed by atoms with Crippen molar-refractivity contribution in [1.29, 1.82) is 0 Å². The number of aromatic carboxylic acids is 1. The van der Waals surface area contributed by atoms with Crippen LogP contribution in [0.25, 0.3) is 11.3 Å². The molecule has 2 rings (SSSR count). The first kappa shape index (κ1) is 16.8. The predicted molar refractivity (Wildman–Crippen MR) is 65.6 cm³/mol. The summed E-state index contributed by atoms with van der Waals surface area (Å²) in [6.07, 6.45) is -9.66. The van der Waals surface area contributed by atoms with Gasteiger partial charge < -0.3 is 5.11 Å². The predicted octanol–water partition coefficient (Wildman–Crippen LogP) is 3.82. The normalized spacial score (nSPS) is 12.5. The molecule has 23 heavy (non-hydrogen) atoms. The van der Waals surface area contributed by atoms with Crippen LogP contribution in [-0.4, -0.2) is 20.9 Å². The van der Waals surface area contributed by atoms with Crippen LogP contribution in [-0.2, 0) is 19.4 Å². The van der Waals surface area contributed by atoms with Gasteiger partial charge in [-0.15, -0.1) is 0 Å². The number of carbonyl (C=O) groups is 1. The van der Waals surface area contributed by atoms with Gasteiger partial charge in [-0.1, -0.05) is 12.1 Å². The molecule has 0 fully saturated rings. The molecule has 10 heteroatoms. The largest absolute Gasteiger partial charge is 0.477 e. The van der Waals surface area contributed by atoms with Crippen molar-refractivity contribution in [2.45, 2.75) is 12.4 Å². The SMILES string of the molecule is Cn1nc(-c2ccc(C(F)(F)F)cc2)c(C(F)(F)F)c1C(=O)O. The average molecular weight is 338 g/mol. The van der Waals surface area contributed by atoms with E-state index in [1.807, 2.05) is 0 Å². The van der Waals surface area contributed by atoms with E-state index in [0.717, 1.165) is 19.2 Å². The van der Waals surface area contributed by atoms with Crippen molar-refractivity contribution in [3.05, 3.63) is 41.1 Å². The lowest BCUT2D eigenvalue weighted by Gasteiger charge is -2.10. The first-order valence-electron chi connectivity index (χ1n) is 5.98. The first-order valence-corrected chi connectivity index (χ1v) is 5.98. The Morgan fingerprint density at radius 3 is 1.96 bits per heavy atom. The summed E-state index contributed by atoms with van der Waals surface area (Å²) < 4.78 is 77.4. The average Bonchev–Trinajstić information content (AvgIpc) is 2.75. The monoisotopic (exact) mass is 338 g/mol. The van der Waals surface area contributed by atoms with E-state index in [-0.39, 0.29) is 5.56 Å². The van der Waals surface area contributed by atoms with Gasteiger partial charge in [0.25, 0.3) is 0 Å². The zero-order valence-electron chi connectivity index (χ0n) is 11.3. The molecule has 0 bridgehead atoms. The number of aryl methyl sites for hydroxylation is 1. The van der Waals surface area contributed by atoms with Crippen LogP contribution in [0, 0.1) is 0 Å². The third-order valence-corrected chi connectivity index (χ3v) is 3.02. The topological polar surface area (TPSA) is 55.1 Å². The van der Waals surface area contributed by atoms with Crippen molar-refractivity contribution >= 4 is 5.97 Å². The Balaban J connectivity index is 2.65. The van der Waals surface area contributed by atoms with Crippen molar-refractivity contribution in [3.63, 3.8) is 0 Å². The van der Waals surface area contributed by atoms with Gasteiger partial charge in [-0.05, 0) is 12.1 Å². The number of aromatic nitrogens is 2. The highest BCUT2D eigenvalue weighted by Gasteiger charge is 2.42. The molecular weight excluding hydrogens is 330 g/mol. The fraction of sp³-hybridized carbons (Fsp3) is 0.231. The number of rotatable bonds is 2. The number of hydrogen-bond donors (Lipinski definition) is 1. The fourth-order valence-electron chi connectivity index (χ4n) is 2.06. The molecule has 1 N–H and O–H groups in total. The number of benzene rings is 1. The van der Waals surface area contributed by atoms with Gasteiger partial charge in [0.15, 0.2) is 5.69 Å². The highest BCUT2D eigenvalue weighted by atomic mass is 19.4. The van der Waals surface area contributed by atoms with E-state index in [4.69, 9.17) is 5.11 Å². The van der Waals surface area contributed by atoms with E-state index >= 15 is 0 Å². The van der Waals surface area contributed by atoms with E-state index in [1.165, 1.54) is 0 Å². The van der Waals surface area contributed by atoms with Crippen LogP contribution in [0.2, 0.25) is 0 Å². The van der Waals surface area contributed by atoms with Crippen LogP contribution in [0.4, 0.5) is 26.3 Å². The molecule has 0 unspecified atom stereocenters. The van der Waals surface area contributed by atoms with Crippen molar-refractivity contribution in [1.82, 2.24) is 9.78 Å². The Labute approximate surface area is 125 Å². The van der Waals surface area contributed by atoms with E-state index < -0.39 is 40.8 Å². The second-order valence-corrected chi connectivity index (χ2v) is 4.57. The summed E-state index contributed by atoms with van der Waals surface area (Å²) >= 11 is 0. The number of alkyl halides is 6. The maximum Gasteiger partial charge on any atom is 0.420 e. The molecule has 0 radical (unpaired) electrons. The van der Waals surface area contributed by atoms with E-state index in [9.17, 15) is 31.1 Å².